The van der Waals surface area contributed by atoms with E-state index in [9.17, 15) is 13.2 Å². The summed E-state index contributed by atoms with van der Waals surface area (Å²) in [6.07, 6.45) is 1.10. The Balaban J connectivity index is 3.48. The minimum Gasteiger partial charge on any atom is -0.258 e. The standard InChI is InChI=1S/C17H19ClF3N3/c1-5-8-22-16(17(19,20)21)13(6-2)14(7-3)24-15-9-12(18)10-23-11(15)4/h5-6,8-10H,7H2,1-4H3/b8-5-,13-6-,22-16-,24-14?. The third-order valence-corrected chi connectivity index (χ3v) is 3.30. The molecule has 0 aromatic carbocycles. The van der Waals surface area contributed by atoms with Gasteiger partial charge < -0.3 is 0 Å². The van der Waals surface area contributed by atoms with Gasteiger partial charge in [-0.25, -0.2) is 0 Å². The number of nitrogens with zero attached hydrogens (tertiary/aromatic N) is 3. The lowest BCUT2D eigenvalue weighted by molar-refractivity contribution is -0.0579. The molecule has 0 aliphatic rings. The summed E-state index contributed by atoms with van der Waals surface area (Å²) in [4.78, 5) is 12.0. The van der Waals surface area contributed by atoms with Crippen molar-refractivity contribution in [1.82, 2.24) is 4.98 Å². The number of rotatable bonds is 5. The van der Waals surface area contributed by atoms with Crippen LogP contribution in [-0.2, 0) is 0 Å². The Kier molecular flexibility index (Phi) is 7.35. The second-order valence-electron chi connectivity index (χ2n) is 4.83. The Bertz CT molecular complexity index is 702. The normalized spacial score (nSPS) is 14.6. The number of alkyl halides is 3. The zero-order valence-electron chi connectivity index (χ0n) is 13.9. The largest absolute Gasteiger partial charge is 0.433 e. The molecule has 1 aromatic heterocycles. The topological polar surface area (TPSA) is 37.6 Å². The molecule has 0 aliphatic carbocycles. The van der Waals surface area contributed by atoms with E-state index < -0.39 is 11.9 Å². The third-order valence-electron chi connectivity index (χ3n) is 3.09. The molecule has 0 unspecified atom stereocenters. The van der Waals surface area contributed by atoms with Crippen molar-refractivity contribution in [3.05, 3.63) is 46.9 Å². The maximum atomic E-state index is 13.4. The number of aromatic nitrogens is 1. The van der Waals surface area contributed by atoms with E-state index in [2.05, 4.69) is 15.0 Å². The summed E-state index contributed by atoms with van der Waals surface area (Å²) in [5, 5.41) is 0.371. The fourth-order valence-electron chi connectivity index (χ4n) is 1.97. The number of pyridine rings is 1. The van der Waals surface area contributed by atoms with Gasteiger partial charge >= 0.3 is 6.18 Å². The summed E-state index contributed by atoms with van der Waals surface area (Å²) in [6.45, 7) is 6.58. The van der Waals surface area contributed by atoms with Crippen LogP contribution in [0.1, 0.15) is 32.9 Å². The summed E-state index contributed by atoms with van der Waals surface area (Å²) in [5.41, 5.74) is 0.259. The number of aliphatic imine (C=N–C) groups is 2. The lowest BCUT2D eigenvalue weighted by Crippen LogP contribution is -2.28. The van der Waals surface area contributed by atoms with Gasteiger partial charge in [0.15, 0.2) is 5.71 Å². The van der Waals surface area contributed by atoms with Gasteiger partial charge in [0.05, 0.1) is 16.4 Å². The van der Waals surface area contributed by atoms with Gasteiger partial charge in [0, 0.05) is 23.7 Å². The number of allylic oxidation sites excluding steroid dienone is 3. The highest BCUT2D eigenvalue weighted by Gasteiger charge is 2.38. The number of halogens is 4. The smallest absolute Gasteiger partial charge is 0.258 e. The quantitative estimate of drug-likeness (QED) is 0.594. The molecule has 0 spiro atoms. The number of hydrogen-bond donors (Lipinski definition) is 0. The van der Waals surface area contributed by atoms with Crippen LogP contribution in [0.4, 0.5) is 18.9 Å². The van der Waals surface area contributed by atoms with Crippen LogP contribution in [0.5, 0.6) is 0 Å². The van der Waals surface area contributed by atoms with Crippen molar-refractivity contribution in [3.8, 4) is 0 Å². The minimum atomic E-state index is -4.58. The molecule has 1 aromatic rings. The molecular weight excluding hydrogens is 339 g/mol. The molecule has 3 nitrogen and oxygen atoms in total. The van der Waals surface area contributed by atoms with E-state index in [-0.39, 0.29) is 11.3 Å². The molecule has 0 bridgehead atoms. The first-order valence-corrected chi connectivity index (χ1v) is 7.75. The Labute approximate surface area is 144 Å². The second kappa shape index (κ2) is 8.78. The van der Waals surface area contributed by atoms with Gasteiger partial charge in [0.1, 0.15) is 0 Å². The first-order valence-electron chi connectivity index (χ1n) is 7.37. The van der Waals surface area contributed by atoms with Gasteiger partial charge in [-0.05, 0) is 33.3 Å². The fraction of sp³-hybridized carbons (Fsp3) is 0.353. The Morgan fingerprint density at radius 2 is 2.00 bits per heavy atom. The Morgan fingerprint density at radius 1 is 1.33 bits per heavy atom. The van der Waals surface area contributed by atoms with Crippen LogP contribution in [0.15, 0.2) is 46.2 Å². The van der Waals surface area contributed by atoms with E-state index in [0.29, 0.717) is 22.8 Å². The van der Waals surface area contributed by atoms with Gasteiger partial charge in [-0.2, -0.15) is 13.2 Å². The van der Waals surface area contributed by atoms with E-state index in [1.807, 2.05) is 0 Å². The molecule has 0 saturated heterocycles. The lowest BCUT2D eigenvalue weighted by Gasteiger charge is -2.15. The molecule has 130 valence electrons. The van der Waals surface area contributed by atoms with Crippen LogP contribution in [-0.4, -0.2) is 22.6 Å². The van der Waals surface area contributed by atoms with Gasteiger partial charge in [0.2, 0.25) is 0 Å². The lowest BCUT2D eigenvalue weighted by atomic mass is 10.0. The molecule has 0 aliphatic heterocycles. The van der Waals surface area contributed by atoms with Crippen LogP contribution in [0, 0.1) is 6.92 Å². The first-order chi connectivity index (χ1) is 11.2. The van der Waals surface area contributed by atoms with Crippen LogP contribution >= 0.6 is 11.6 Å². The molecule has 0 saturated carbocycles. The van der Waals surface area contributed by atoms with Crippen LogP contribution in [0.25, 0.3) is 0 Å². The molecule has 0 amide bonds. The van der Waals surface area contributed by atoms with E-state index in [1.165, 1.54) is 25.3 Å². The Morgan fingerprint density at radius 3 is 2.50 bits per heavy atom. The molecule has 0 N–H and O–H groups in total. The summed E-state index contributed by atoms with van der Waals surface area (Å²) >= 11 is 5.90. The van der Waals surface area contributed by atoms with E-state index in [4.69, 9.17) is 11.6 Å². The summed E-state index contributed by atoms with van der Waals surface area (Å²) in [5.74, 6) is 0. The number of aryl methyl sites for hydroxylation is 1. The molecule has 24 heavy (non-hydrogen) atoms. The van der Waals surface area contributed by atoms with Crippen molar-refractivity contribution in [2.45, 2.75) is 40.3 Å². The van der Waals surface area contributed by atoms with Crippen molar-refractivity contribution in [1.29, 1.82) is 0 Å². The summed E-state index contributed by atoms with van der Waals surface area (Å²) < 4.78 is 40.1. The predicted molar refractivity (Wildman–Crippen MR) is 93.4 cm³/mol. The minimum absolute atomic E-state index is 0.0533. The van der Waals surface area contributed by atoms with Crippen molar-refractivity contribution in [3.63, 3.8) is 0 Å². The highest BCUT2D eigenvalue weighted by Crippen LogP contribution is 2.27. The average Bonchev–Trinajstić information content (AvgIpc) is 2.51. The molecule has 1 rings (SSSR count). The van der Waals surface area contributed by atoms with Crippen molar-refractivity contribution in [2.75, 3.05) is 0 Å². The summed E-state index contributed by atoms with van der Waals surface area (Å²) in [6, 6.07) is 1.57. The number of hydrogen-bond acceptors (Lipinski definition) is 3. The maximum absolute atomic E-state index is 13.4. The first kappa shape index (κ1) is 20.1. The molecule has 0 radical (unpaired) electrons. The van der Waals surface area contributed by atoms with E-state index >= 15 is 0 Å². The van der Waals surface area contributed by atoms with E-state index in [1.54, 1.807) is 26.8 Å². The third kappa shape index (κ3) is 5.30. The molecule has 0 atom stereocenters. The highest BCUT2D eigenvalue weighted by molar-refractivity contribution is 6.31. The zero-order valence-corrected chi connectivity index (χ0v) is 14.7. The van der Waals surface area contributed by atoms with Gasteiger partial charge in [-0.1, -0.05) is 30.7 Å². The molecular formula is C17H19ClF3N3. The van der Waals surface area contributed by atoms with Crippen LogP contribution in [0.2, 0.25) is 5.02 Å². The molecule has 1 heterocycles. The fourth-order valence-corrected chi connectivity index (χ4v) is 2.12. The molecule has 7 heteroatoms. The average molecular weight is 358 g/mol. The maximum Gasteiger partial charge on any atom is 0.433 e. The van der Waals surface area contributed by atoms with Crippen LogP contribution in [0.3, 0.4) is 0 Å². The SMILES string of the molecule is C\C=C/N=C(/C(=C\C)C(CC)=Nc1cc(Cl)cnc1C)C(F)(F)F. The summed E-state index contributed by atoms with van der Waals surface area (Å²) in [7, 11) is 0. The van der Waals surface area contributed by atoms with Crippen molar-refractivity contribution >= 4 is 28.7 Å². The highest BCUT2D eigenvalue weighted by atomic mass is 35.5. The molecule has 0 fully saturated rings. The van der Waals surface area contributed by atoms with Gasteiger partial charge in [-0.15, -0.1) is 0 Å². The predicted octanol–water partition coefficient (Wildman–Crippen LogP) is 6.01. The zero-order chi connectivity index (χ0) is 18.3. The van der Waals surface area contributed by atoms with E-state index in [0.717, 1.165) is 6.20 Å². The second-order valence-corrected chi connectivity index (χ2v) is 5.27. The van der Waals surface area contributed by atoms with Crippen molar-refractivity contribution in [2.24, 2.45) is 9.98 Å². The van der Waals surface area contributed by atoms with Gasteiger partial charge in [0.25, 0.3) is 0 Å². The van der Waals surface area contributed by atoms with Crippen LogP contribution < -0.4 is 0 Å². The monoisotopic (exact) mass is 357 g/mol. The van der Waals surface area contributed by atoms with Gasteiger partial charge in [-0.3, -0.25) is 15.0 Å². The Hall–Kier alpha value is -1.95. The van der Waals surface area contributed by atoms with Crippen molar-refractivity contribution < 1.29 is 13.2 Å².